The molecular weight excluding hydrogens is 394 g/mol. The van der Waals surface area contributed by atoms with Crippen LogP contribution in [-0.2, 0) is 12.1 Å². The molecule has 0 atom stereocenters. The van der Waals surface area contributed by atoms with Gasteiger partial charge >= 0.3 is 0 Å². The van der Waals surface area contributed by atoms with Crippen LogP contribution in [0.5, 0.6) is 5.75 Å². The summed E-state index contributed by atoms with van der Waals surface area (Å²) in [6.45, 7) is 8.84. The smallest absolute Gasteiger partial charge is 0.276 e. The van der Waals surface area contributed by atoms with Crippen molar-refractivity contribution < 1.29 is 9.90 Å². The summed E-state index contributed by atoms with van der Waals surface area (Å²) in [7, 11) is 0. The first-order valence-electron chi connectivity index (χ1n) is 10.6. The molecule has 4 N–H and O–H groups in total. The Bertz CT molecular complexity index is 1060. The molecule has 3 rings (SSSR count). The van der Waals surface area contributed by atoms with Gasteiger partial charge in [0.1, 0.15) is 0 Å². The van der Waals surface area contributed by atoms with Crippen LogP contribution in [0.15, 0.2) is 35.9 Å². The summed E-state index contributed by atoms with van der Waals surface area (Å²) in [6, 6.07) is 0. The zero-order valence-corrected chi connectivity index (χ0v) is 18.2. The van der Waals surface area contributed by atoms with E-state index in [-0.39, 0.29) is 24.3 Å². The number of nitrogens with one attached hydrogen (secondary N) is 1. The third kappa shape index (κ3) is 4.49. The second-order valence-electron chi connectivity index (χ2n) is 8.14. The summed E-state index contributed by atoms with van der Waals surface area (Å²) in [4.78, 5) is 24.6. The summed E-state index contributed by atoms with van der Waals surface area (Å²) < 4.78 is 3.82. The maximum atomic E-state index is 12.3. The van der Waals surface area contributed by atoms with E-state index in [1.54, 1.807) is 6.08 Å². The highest BCUT2D eigenvalue weighted by atomic mass is 16.3. The number of carbonyl (C=O) groups excluding carboxylic acids is 1. The van der Waals surface area contributed by atoms with Gasteiger partial charge in [0.2, 0.25) is 0 Å². The van der Waals surface area contributed by atoms with E-state index in [0.29, 0.717) is 6.54 Å². The number of hydrogen-bond donors (Lipinski definition) is 3. The van der Waals surface area contributed by atoms with Crippen LogP contribution >= 0.6 is 0 Å². The van der Waals surface area contributed by atoms with Crippen molar-refractivity contribution >= 4 is 12.0 Å². The van der Waals surface area contributed by atoms with Crippen molar-refractivity contribution in [1.82, 2.24) is 19.7 Å². The van der Waals surface area contributed by atoms with Gasteiger partial charge in [0.05, 0.1) is 18.3 Å². The summed E-state index contributed by atoms with van der Waals surface area (Å²) in [5.41, 5.74) is 7.53. The second kappa shape index (κ2) is 9.34. The molecule has 0 radical (unpaired) electrons. The number of aromatic hydroxyl groups is 1. The van der Waals surface area contributed by atoms with E-state index in [4.69, 9.17) is 5.73 Å². The second-order valence-corrected chi connectivity index (χ2v) is 8.14. The molecule has 8 heteroatoms. The Morgan fingerprint density at radius 3 is 2.71 bits per heavy atom. The lowest BCUT2D eigenvalue weighted by Crippen LogP contribution is -2.39. The molecule has 1 amide bonds. The number of hydrogen-bond acceptors (Lipinski definition) is 5. The van der Waals surface area contributed by atoms with Crippen LogP contribution in [0.4, 0.5) is 0 Å². The van der Waals surface area contributed by atoms with Gasteiger partial charge in [-0.2, -0.15) is 5.10 Å². The summed E-state index contributed by atoms with van der Waals surface area (Å²) in [5, 5.41) is 17.0. The van der Waals surface area contributed by atoms with E-state index in [0.717, 1.165) is 36.9 Å². The highest BCUT2D eigenvalue weighted by Crippen LogP contribution is 2.40. The van der Waals surface area contributed by atoms with E-state index in [1.807, 2.05) is 6.08 Å². The zero-order valence-electron chi connectivity index (χ0n) is 18.2. The van der Waals surface area contributed by atoms with Crippen molar-refractivity contribution in [1.29, 1.82) is 0 Å². The van der Waals surface area contributed by atoms with E-state index in [1.165, 1.54) is 16.4 Å². The Balaban J connectivity index is 2.02. The first-order chi connectivity index (χ1) is 14.8. The molecule has 2 aromatic heterocycles. The van der Waals surface area contributed by atoms with Crippen molar-refractivity contribution in [2.24, 2.45) is 5.73 Å². The lowest BCUT2D eigenvalue weighted by molar-refractivity contribution is 0.0943. The lowest BCUT2D eigenvalue weighted by Gasteiger charge is -2.33. The molecule has 0 saturated heterocycles. The van der Waals surface area contributed by atoms with Crippen molar-refractivity contribution in [3.63, 3.8) is 0 Å². The number of aromatic nitrogens is 3. The normalized spacial score (nSPS) is 15.5. The topological polar surface area (TPSA) is 115 Å². The van der Waals surface area contributed by atoms with Crippen LogP contribution in [0.25, 0.3) is 6.08 Å². The van der Waals surface area contributed by atoms with Gasteiger partial charge in [-0.25, -0.2) is 0 Å². The molecular formula is C23H31N5O3. The average Bonchev–Trinajstić information content (AvgIpc) is 3.32. The summed E-state index contributed by atoms with van der Waals surface area (Å²) >= 11 is 0. The van der Waals surface area contributed by atoms with Gasteiger partial charge in [0, 0.05) is 25.0 Å². The Morgan fingerprint density at radius 2 is 2.06 bits per heavy atom. The summed E-state index contributed by atoms with van der Waals surface area (Å²) in [5.74, 6) is -1.12. The van der Waals surface area contributed by atoms with Gasteiger partial charge in [-0.15, -0.1) is 0 Å². The van der Waals surface area contributed by atoms with Gasteiger partial charge in [-0.05, 0) is 37.8 Å². The third-order valence-corrected chi connectivity index (χ3v) is 5.99. The van der Waals surface area contributed by atoms with Crippen LogP contribution in [-0.4, -0.2) is 38.5 Å². The Labute approximate surface area is 182 Å². The molecule has 166 valence electrons. The van der Waals surface area contributed by atoms with Gasteiger partial charge in [0.25, 0.3) is 11.3 Å². The molecule has 31 heavy (non-hydrogen) atoms. The summed E-state index contributed by atoms with van der Waals surface area (Å²) in [6.07, 6.45) is 13.2. The number of rotatable bonds is 8. The third-order valence-electron chi connectivity index (χ3n) is 5.99. The SMILES string of the molecule is C=C/C=C\c1c(C)cn(C2(Cn3cc(O)c(=O)c(C(=O)NCCN)n3)CCCC2)c1C. The molecule has 1 saturated carbocycles. The number of carbonyl (C=O) groups is 1. The minimum Gasteiger partial charge on any atom is -0.503 e. The van der Waals surface area contributed by atoms with E-state index >= 15 is 0 Å². The minimum absolute atomic E-state index is 0.225. The number of amides is 1. The van der Waals surface area contributed by atoms with Crippen LogP contribution in [0.3, 0.4) is 0 Å². The average molecular weight is 426 g/mol. The molecule has 0 bridgehead atoms. The minimum atomic E-state index is -0.781. The first kappa shape index (κ1) is 22.6. The number of nitrogens with two attached hydrogens (primary N) is 1. The lowest BCUT2D eigenvalue weighted by atomic mass is 9.96. The molecule has 8 nitrogen and oxygen atoms in total. The van der Waals surface area contributed by atoms with Gasteiger partial charge < -0.3 is 20.7 Å². The molecule has 1 aliphatic carbocycles. The van der Waals surface area contributed by atoms with E-state index < -0.39 is 17.1 Å². The highest BCUT2D eigenvalue weighted by molar-refractivity contribution is 5.92. The molecule has 1 fully saturated rings. The molecule has 2 heterocycles. The first-order valence-corrected chi connectivity index (χ1v) is 10.6. The quantitative estimate of drug-likeness (QED) is 0.561. The maximum absolute atomic E-state index is 12.3. The number of nitrogens with zero attached hydrogens (tertiary/aromatic N) is 3. The molecule has 2 aromatic rings. The standard InChI is InChI=1S/C23H31N5O3/c1-4-5-8-18-16(2)13-28(17(18)3)23(9-6-7-10-23)15-27-14-19(29)21(30)20(26-27)22(31)25-12-11-24/h4-5,8,13-14,29H,1,6-7,9-12,15,24H2,2-3H3,(H,25,31)/b8-5-. The van der Waals surface area contributed by atoms with Crippen LogP contribution in [0.1, 0.15) is 53.0 Å². The van der Waals surface area contributed by atoms with Gasteiger partial charge in [-0.1, -0.05) is 37.6 Å². The molecule has 0 unspecified atom stereocenters. The van der Waals surface area contributed by atoms with E-state index in [9.17, 15) is 14.7 Å². The van der Waals surface area contributed by atoms with Crippen LogP contribution < -0.4 is 16.5 Å². The molecule has 0 aliphatic heterocycles. The fourth-order valence-electron chi connectivity index (χ4n) is 4.52. The number of aryl methyl sites for hydroxylation is 1. The van der Waals surface area contributed by atoms with Crippen molar-refractivity contribution in [2.45, 2.75) is 51.6 Å². The maximum Gasteiger partial charge on any atom is 0.276 e. The van der Waals surface area contributed by atoms with Crippen molar-refractivity contribution in [3.05, 3.63) is 63.9 Å². The predicted octanol–water partition coefficient (Wildman–Crippen LogP) is 2.22. The Hall–Kier alpha value is -3.13. The Morgan fingerprint density at radius 1 is 1.35 bits per heavy atom. The fraction of sp³-hybridized carbons (Fsp3) is 0.435. The van der Waals surface area contributed by atoms with Crippen LogP contribution in [0, 0.1) is 13.8 Å². The number of allylic oxidation sites excluding steroid dienone is 2. The van der Waals surface area contributed by atoms with Gasteiger partial charge in [-0.3, -0.25) is 14.3 Å². The fourth-order valence-corrected chi connectivity index (χ4v) is 4.52. The highest BCUT2D eigenvalue weighted by Gasteiger charge is 2.38. The predicted molar refractivity (Wildman–Crippen MR) is 121 cm³/mol. The molecule has 0 spiro atoms. The monoisotopic (exact) mass is 425 g/mol. The van der Waals surface area contributed by atoms with Gasteiger partial charge in [0.15, 0.2) is 11.4 Å². The van der Waals surface area contributed by atoms with Crippen molar-refractivity contribution in [2.75, 3.05) is 13.1 Å². The van der Waals surface area contributed by atoms with E-state index in [2.05, 4.69) is 47.7 Å². The molecule has 1 aliphatic rings. The molecule has 0 aromatic carbocycles. The largest absolute Gasteiger partial charge is 0.503 e. The zero-order chi connectivity index (χ0) is 22.6. The van der Waals surface area contributed by atoms with Crippen LogP contribution in [0.2, 0.25) is 0 Å². The van der Waals surface area contributed by atoms with Crippen molar-refractivity contribution in [3.8, 4) is 5.75 Å². The Kier molecular flexibility index (Phi) is 6.80.